The van der Waals surface area contributed by atoms with Crippen LogP contribution in [-0.2, 0) is 4.74 Å². The average Bonchev–Trinajstić information content (AvgIpc) is 2.53. The van der Waals surface area contributed by atoms with Crippen molar-refractivity contribution in [3.8, 4) is 0 Å². The smallest absolute Gasteiger partial charge is 0.407 e. The quantitative estimate of drug-likeness (QED) is 0.880. The molecule has 134 valence electrons. The summed E-state index contributed by atoms with van der Waals surface area (Å²) in [6, 6.07) is 5.78. The van der Waals surface area contributed by atoms with Crippen LogP contribution >= 0.6 is 11.6 Å². The van der Waals surface area contributed by atoms with E-state index in [0.29, 0.717) is 5.02 Å². The number of halogens is 1. The second-order valence-electron chi connectivity index (χ2n) is 7.27. The number of carbonyl (C=O) groups excluding carboxylic acids is 1. The molecule has 2 heterocycles. The topological polar surface area (TPSA) is 67.3 Å². The zero-order chi connectivity index (χ0) is 18.0. The van der Waals surface area contributed by atoms with Gasteiger partial charge in [0.2, 0.25) is 0 Å². The fourth-order valence-corrected chi connectivity index (χ4v) is 3.14. The van der Waals surface area contributed by atoms with E-state index in [1.54, 1.807) is 6.33 Å². The Morgan fingerprint density at radius 3 is 2.68 bits per heavy atom. The summed E-state index contributed by atoms with van der Waals surface area (Å²) in [6.45, 7) is 7.22. The maximum Gasteiger partial charge on any atom is 0.407 e. The monoisotopic (exact) mass is 362 g/mol. The number of nitrogens with one attached hydrogen (secondary N) is 1. The van der Waals surface area contributed by atoms with Crippen LogP contribution in [0.15, 0.2) is 24.5 Å². The van der Waals surface area contributed by atoms with E-state index in [-0.39, 0.29) is 12.1 Å². The minimum Gasteiger partial charge on any atom is -0.444 e. The Morgan fingerprint density at radius 1 is 1.28 bits per heavy atom. The van der Waals surface area contributed by atoms with E-state index in [4.69, 9.17) is 16.3 Å². The molecule has 25 heavy (non-hydrogen) atoms. The van der Waals surface area contributed by atoms with Crippen LogP contribution in [0.2, 0.25) is 5.02 Å². The normalized spacial score (nSPS) is 16.1. The molecule has 0 aliphatic carbocycles. The zero-order valence-corrected chi connectivity index (χ0v) is 15.5. The molecule has 1 saturated heterocycles. The minimum atomic E-state index is -0.480. The number of aromatic nitrogens is 2. The number of amides is 1. The van der Waals surface area contributed by atoms with Crippen molar-refractivity contribution in [1.82, 2.24) is 15.3 Å². The van der Waals surface area contributed by atoms with E-state index in [1.165, 1.54) is 0 Å². The Kier molecular flexibility index (Phi) is 4.99. The summed E-state index contributed by atoms with van der Waals surface area (Å²) < 4.78 is 5.32. The molecule has 0 spiro atoms. The predicted octanol–water partition coefficient (Wildman–Crippen LogP) is 3.78. The van der Waals surface area contributed by atoms with Gasteiger partial charge in [-0.25, -0.2) is 14.8 Å². The van der Waals surface area contributed by atoms with E-state index < -0.39 is 5.60 Å². The third kappa shape index (κ3) is 4.51. The standard InChI is InChI=1S/C18H23ClN4O2/c1-18(2,3)25-17(24)22-13-6-8-23(9-7-13)16-14-5-4-12(19)10-15(14)20-11-21-16/h4-5,10-11,13H,6-9H2,1-3H3,(H,22,24). The van der Waals surface area contributed by atoms with E-state index >= 15 is 0 Å². The number of ether oxygens (including phenoxy) is 1. The lowest BCUT2D eigenvalue weighted by Crippen LogP contribution is -2.46. The molecule has 1 amide bonds. The summed E-state index contributed by atoms with van der Waals surface area (Å²) in [5, 5.41) is 4.61. The van der Waals surface area contributed by atoms with Gasteiger partial charge in [-0.05, 0) is 51.8 Å². The van der Waals surface area contributed by atoms with Crippen molar-refractivity contribution in [1.29, 1.82) is 0 Å². The molecule has 0 atom stereocenters. The Balaban J connectivity index is 1.64. The number of benzene rings is 1. The van der Waals surface area contributed by atoms with Gasteiger partial charge in [-0.15, -0.1) is 0 Å². The van der Waals surface area contributed by atoms with Crippen molar-refractivity contribution >= 4 is 34.4 Å². The number of hydrogen-bond donors (Lipinski definition) is 1. The molecule has 0 bridgehead atoms. The highest BCUT2D eigenvalue weighted by molar-refractivity contribution is 6.31. The lowest BCUT2D eigenvalue weighted by atomic mass is 10.0. The first-order chi connectivity index (χ1) is 11.8. The van der Waals surface area contributed by atoms with Gasteiger partial charge in [0.25, 0.3) is 0 Å². The zero-order valence-electron chi connectivity index (χ0n) is 14.8. The van der Waals surface area contributed by atoms with Gasteiger partial charge < -0.3 is 15.0 Å². The Hall–Kier alpha value is -2.08. The summed E-state index contributed by atoms with van der Waals surface area (Å²) in [5.41, 5.74) is 0.359. The van der Waals surface area contributed by atoms with Gasteiger partial charge in [0.1, 0.15) is 17.7 Å². The number of nitrogens with zero attached hydrogens (tertiary/aromatic N) is 3. The molecule has 1 aromatic heterocycles. The molecule has 0 saturated carbocycles. The lowest BCUT2D eigenvalue weighted by Gasteiger charge is -2.34. The van der Waals surface area contributed by atoms with Crippen LogP contribution in [0.1, 0.15) is 33.6 Å². The van der Waals surface area contributed by atoms with Gasteiger partial charge in [0.05, 0.1) is 5.52 Å². The second kappa shape index (κ2) is 7.04. The molecule has 1 aliphatic rings. The molecule has 7 heteroatoms. The van der Waals surface area contributed by atoms with Crippen LogP contribution in [0, 0.1) is 0 Å². The third-order valence-corrected chi connectivity index (χ3v) is 4.33. The molecule has 6 nitrogen and oxygen atoms in total. The Bertz CT molecular complexity index is 767. The number of piperidine rings is 1. The average molecular weight is 363 g/mol. The third-order valence-electron chi connectivity index (χ3n) is 4.09. The number of rotatable bonds is 2. The molecule has 0 unspecified atom stereocenters. The van der Waals surface area contributed by atoms with Gasteiger partial charge in [0, 0.05) is 29.5 Å². The number of hydrogen-bond acceptors (Lipinski definition) is 5. The molecule has 1 fully saturated rings. The molecule has 1 aromatic carbocycles. The van der Waals surface area contributed by atoms with E-state index in [9.17, 15) is 4.79 Å². The minimum absolute atomic E-state index is 0.119. The maximum absolute atomic E-state index is 11.9. The molecule has 1 aliphatic heterocycles. The number of fused-ring (bicyclic) bond motifs is 1. The van der Waals surface area contributed by atoms with E-state index in [1.807, 2.05) is 39.0 Å². The lowest BCUT2D eigenvalue weighted by molar-refractivity contribution is 0.0497. The van der Waals surface area contributed by atoms with E-state index in [0.717, 1.165) is 42.7 Å². The van der Waals surface area contributed by atoms with Gasteiger partial charge in [0.15, 0.2) is 0 Å². The molecular weight excluding hydrogens is 340 g/mol. The molecule has 1 N–H and O–H groups in total. The molecule has 3 rings (SSSR count). The van der Waals surface area contributed by atoms with E-state index in [2.05, 4.69) is 20.2 Å². The van der Waals surface area contributed by atoms with Crippen LogP contribution in [0.4, 0.5) is 10.6 Å². The Morgan fingerprint density at radius 2 is 2.00 bits per heavy atom. The summed E-state index contributed by atoms with van der Waals surface area (Å²) >= 11 is 6.04. The first-order valence-corrected chi connectivity index (χ1v) is 8.84. The van der Waals surface area contributed by atoms with Gasteiger partial charge >= 0.3 is 6.09 Å². The number of anilines is 1. The van der Waals surface area contributed by atoms with Crippen LogP contribution < -0.4 is 10.2 Å². The highest BCUT2D eigenvalue weighted by atomic mass is 35.5. The van der Waals surface area contributed by atoms with Crippen LogP contribution in [0.25, 0.3) is 10.9 Å². The van der Waals surface area contributed by atoms with Crippen LogP contribution in [-0.4, -0.2) is 40.8 Å². The number of carbonyl (C=O) groups is 1. The van der Waals surface area contributed by atoms with Crippen LogP contribution in [0.5, 0.6) is 0 Å². The molecule has 2 aromatic rings. The maximum atomic E-state index is 11.9. The predicted molar refractivity (Wildman–Crippen MR) is 99.2 cm³/mol. The van der Waals surface area contributed by atoms with Crippen molar-refractivity contribution in [2.45, 2.75) is 45.3 Å². The largest absolute Gasteiger partial charge is 0.444 e. The first kappa shape index (κ1) is 17.7. The van der Waals surface area contributed by atoms with Crippen molar-refractivity contribution in [2.24, 2.45) is 0 Å². The van der Waals surface area contributed by atoms with Gasteiger partial charge in [-0.3, -0.25) is 0 Å². The first-order valence-electron chi connectivity index (χ1n) is 8.46. The fraction of sp³-hybridized carbons (Fsp3) is 0.500. The Labute approximate surface area is 152 Å². The number of alkyl carbamates (subject to hydrolysis) is 1. The molecular formula is C18H23ClN4O2. The van der Waals surface area contributed by atoms with Crippen molar-refractivity contribution in [3.05, 3.63) is 29.5 Å². The van der Waals surface area contributed by atoms with Crippen LogP contribution in [0.3, 0.4) is 0 Å². The SMILES string of the molecule is CC(C)(C)OC(=O)NC1CCN(c2ncnc3cc(Cl)ccc23)CC1. The van der Waals surface area contributed by atoms with Gasteiger partial charge in [-0.1, -0.05) is 11.6 Å². The second-order valence-corrected chi connectivity index (χ2v) is 7.70. The van der Waals surface area contributed by atoms with Gasteiger partial charge in [-0.2, -0.15) is 0 Å². The highest BCUT2D eigenvalue weighted by Gasteiger charge is 2.25. The van der Waals surface area contributed by atoms with Crippen molar-refractivity contribution < 1.29 is 9.53 Å². The summed E-state index contributed by atoms with van der Waals surface area (Å²) in [7, 11) is 0. The molecule has 0 radical (unpaired) electrons. The summed E-state index contributed by atoms with van der Waals surface area (Å²) in [6.07, 6.45) is 2.91. The van der Waals surface area contributed by atoms with Crippen molar-refractivity contribution in [3.63, 3.8) is 0 Å². The van der Waals surface area contributed by atoms with Crippen molar-refractivity contribution in [2.75, 3.05) is 18.0 Å². The summed E-state index contributed by atoms with van der Waals surface area (Å²) in [5.74, 6) is 0.914. The fourth-order valence-electron chi connectivity index (χ4n) is 2.98. The summed E-state index contributed by atoms with van der Waals surface area (Å²) in [4.78, 5) is 22.9. The highest BCUT2D eigenvalue weighted by Crippen LogP contribution is 2.27.